The summed E-state index contributed by atoms with van der Waals surface area (Å²) in [5.74, 6) is -1.68. The van der Waals surface area contributed by atoms with E-state index in [9.17, 15) is 26.0 Å². The fourth-order valence-electron chi connectivity index (χ4n) is 1.49. The van der Waals surface area contributed by atoms with Gasteiger partial charge in [0.2, 0.25) is 5.88 Å². The lowest BCUT2D eigenvalue weighted by atomic mass is 10.1. The smallest absolute Gasteiger partial charge is 0.355 e. The van der Waals surface area contributed by atoms with Crippen LogP contribution in [-0.4, -0.2) is 18.9 Å². The van der Waals surface area contributed by atoms with Gasteiger partial charge in [-0.05, 0) is 12.1 Å². The van der Waals surface area contributed by atoms with Crippen molar-refractivity contribution in [3.8, 4) is 11.9 Å². The lowest BCUT2D eigenvalue weighted by Gasteiger charge is -2.09. The number of hydrogen-bond donors (Lipinski definition) is 0. The number of halogens is 4. The highest BCUT2D eigenvalue weighted by Crippen LogP contribution is 2.29. The van der Waals surface area contributed by atoms with Crippen LogP contribution in [0.4, 0.5) is 17.6 Å². The minimum atomic E-state index is -5.89. The first-order valence-electron chi connectivity index (χ1n) is 5.15. The fourth-order valence-corrected chi connectivity index (χ4v) is 1.90. The minimum Gasteiger partial charge on any atom is -0.355 e. The number of nitrogens with zero attached hydrogens (tertiary/aromatic N) is 2. The highest BCUT2D eigenvalue weighted by atomic mass is 32.2. The summed E-state index contributed by atoms with van der Waals surface area (Å²) < 4.78 is 75.6. The van der Waals surface area contributed by atoms with Gasteiger partial charge < -0.3 is 4.18 Å². The van der Waals surface area contributed by atoms with E-state index in [1.54, 1.807) is 6.07 Å². The van der Waals surface area contributed by atoms with Gasteiger partial charge in [-0.3, -0.25) is 0 Å². The monoisotopic (exact) mass is 320 g/mol. The van der Waals surface area contributed by atoms with E-state index in [2.05, 4.69) is 9.17 Å². The van der Waals surface area contributed by atoms with Crippen molar-refractivity contribution < 1.29 is 30.2 Å². The van der Waals surface area contributed by atoms with Crippen molar-refractivity contribution in [2.75, 3.05) is 0 Å². The van der Waals surface area contributed by atoms with Gasteiger partial charge in [-0.2, -0.15) is 26.9 Å². The van der Waals surface area contributed by atoms with Crippen LogP contribution < -0.4 is 4.18 Å². The second-order valence-electron chi connectivity index (χ2n) is 3.76. The number of fused-ring (bicyclic) bond motifs is 1. The number of pyridine rings is 1. The summed E-state index contributed by atoms with van der Waals surface area (Å²) >= 11 is 0. The van der Waals surface area contributed by atoms with Crippen LogP contribution in [0.2, 0.25) is 0 Å². The Morgan fingerprint density at radius 3 is 2.48 bits per heavy atom. The summed E-state index contributed by atoms with van der Waals surface area (Å²) in [6.07, 6.45) is 0.784. The zero-order chi connectivity index (χ0) is 15.8. The topological polar surface area (TPSA) is 80.0 Å². The summed E-state index contributed by atoms with van der Waals surface area (Å²) in [4.78, 5) is 3.29. The summed E-state index contributed by atoms with van der Waals surface area (Å²) in [7, 11) is -5.89. The van der Waals surface area contributed by atoms with Crippen LogP contribution in [0.3, 0.4) is 0 Å². The Morgan fingerprint density at radius 2 is 1.90 bits per heavy atom. The maximum absolute atomic E-state index is 13.5. The first kappa shape index (κ1) is 15.0. The average Bonchev–Trinajstić information content (AvgIpc) is 2.37. The van der Waals surface area contributed by atoms with Crippen molar-refractivity contribution in [2.45, 2.75) is 5.51 Å². The van der Waals surface area contributed by atoms with E-state index in [0.717, 1.165) is 24.4 Å². The second kappa shape index (κ2) is 4.85. The molecule has 2 rings (SSSR count). The number of hydrogen-bond acceptors (Lipinski definition) is 5. The average molecular weight is 320 g/mol. The van der Waals surface area contributed by atoms with Gasteiger partial charge in [-0.1, -0.05) is 0 Å². The van der Waals surface area contributed by atoms with Crippen molar-refractivity contribution in [1.29, 1.82) is 5.26 Å². The molecular weight excluding hydrogens is 316 g/mol. The molecule has 0 amide bonds. The van der Waals surface area contributed by atoms with E-state index in [1.807, 2.05) is 0 Å². The lowest BCUT2D eigenvalue weighted by Crippen LogP contribution is -2.28. The van der Waals surface area contributed by atoms with Crippen LogP contribution >= 0.6 is 0 Å². The fraction of sp³-hybridized carbons (Fsp3) is 0.0909. The Bertz CT molecular complexity index is 856. The summed E-state index contributed by atoms with van der Waals surface area (Å²) in [6, 6.07) is 4.52. The molecule has 0 spiro atoms. The van der Waals surface area contributed by atoms with Gasteiger partial charge in [0.25, 0.3) is 0 Å². The molecule has 0 aliphatic carbocycles. The molecule has 10 heteroatoms. The standard InChI is InChI=1S/C11H4F4N2O3S/c12-9-2-1-6(4-16)7-3-10(17-5-8(7)9)20-21(18,19)11(13,14)15/h1-3,5H. The molecule has 110 valence electrons. The molecule has 0 saturated heterocycles. The SMILES string of the molecule is N#Cc1ccc(F)c2cnc(OS(=O)(=O)C(F)(F)F)cc12. The predicted molar refractivity (Wildman–Crippen MR) is 62.0 cm³/mol. The molecule has 0 radical (unpaired) electrons. The van der Waals surface area contributed by atoms with Crippen molar-refractivity contribution >= 4 is 20.9 Å². The Labute approximate surface area is 115 Å². The van der Waals surface area contributed by atoms with E-state index in [-0.39, 0.29) is 16.3 Å². The van der Waals surface area contributed by atoms with Crippen molar-refractivity contribution in [2.24, 2.45) is 0 Å². The molecule has 0 N–H and O–H groups in total. The highest BCUT2D eigenvalue weighted by molar-refractivity contribution is 7.87. The Kier molecular flexibility index (Phi) is 3.46. The zero-order valence-electron chi connectivity index (χ0n) is 9.85. The van der Waals surface area contributed by atoms with Gasteiger partial charge in [0.05, 0.1) is 11.6 Å². The summed E-state index contributed by atoms with van der Waals surface area (Å²) in [5.41, 5.74) is -5.69. The number of aromatic nitrogens is 1. The molecule has 0 aliphatic rings. The molecular formula is C11H4F4N2O3S. The minimum absolute atomic E-state index is 0.0666. The summed E-state index contributed by atoms with van der Waals surface area (Å²) in [5, 5.41) is 8.59. The number of rotatable bonds is 2. The molecule has 0 unspecified atom stereocenters. The number of alkyl halides is 3. The molecule has 0 aliphatic heterocycles. The van der Waals surface area contributed by atoms with E-state index < -0.39 is 27.3 Å². The molecule has 1 heterocycles. The van der Waals surface area contributed by atoms with Crippen LogP contribution in [0, 0.1) is 17.1 Å². The van der Waals surface area contributed by atoms with Crippen LogP contribution in [0.1, 0.15) is 5.56 Å². The van der Waals surface area contributed by atoms with E-state index in [4.69, 9.17) is 5.26 Å². The predicted octanol–water partition coefficient (Wildman–Crippen LogP) is 2.47. The summed E-state index contributed by atoms with van der Waals surface area (Å²) in [6.45, 7) is 0. The van der Waals surface area contributed by atoms with Crippen LogP contribution in [0.25, 0.3) is 10.8 Å². The van der Waals surface area contributed by atoms with Crippen molar-refractivity contribution in [1.82, 2.24) is 4.98 Å². The van der Waals surface area contributed by atoms with Gasteiger partial charge in [0.1, 0.15) is 5.82 Å². The van der Waals surface area contributed by atoms with Gasteiger partial charge in [-0.25, -0.2) is 9.37 Å². The zero-order valence-corrected chi connectivity index (χ0v) is 10.7. The van der Waals surface area contributed by atoms with Gasteiger partial charge in [-0.15, -0.1) is 0 Å². The Balaban J connectivity index is 2.57. The quantitative estimate of drug-likeness (QED) is 0.482. The largest absolute Gasteiger partial charge is 0.534 e. The first-order valence-corrected chi connectivity index (χ1v) is 6.55. The van der Waals surface area contributed by atoms with Crippen LogP contribution in [0.15, 0.2) is 24.4 Å². The molecule has 0 bridgehead atoms. The third-order valence-electron chi connectivity index (χ3n) is 2.42. The third kappa shape index (κ3) is 2.73. The van der Waals surface area contributed by atoms with E-state index in [1.165, 1.54) is 0 Å². The van der Waals surface area contributed by atoms with E-state index >= 15 is 0 Å². The van der Waals surface area contributed by atoms with Gasteiger partial charge >= 0.3 is 15.6 Å². The lowest BCUT2D eigenvalue weighted by molar-refractivity contribution is -0.0501. The molecule has 1 aromatic heterocycles. The van der Waals surface area contributed by atoms with Gasteiger partial charge in [0, 0.05) is 23.0 Å². The maximum atomic E-state index is 13.5. The van der Waals surface area contributed by atoms with Gasteiger partial charge in [0.15, 0.2) is 0 Å². The maximum Gasteiger partial charge on any atom is 0.534 e. The molecule has 1 aromatic carbocycles. The molecule has 21 heavy (non-hydrogen) atoms. The molecule has 0 atom stereocenters. The molecule has 5 nitrogen and oxygen atoms in total. The van der Waals surface area contributed by atoms with Crippen molar-refractivity contribution in [3.63, 3.8) is 0 Å². The Morgan fingerprint density at radius 1 is 1.24 bits per heavy atom. The first-order chi connectivity index (χ1) is 9.65. The van der Waals surface area contributed by atoms with E-state index in [0.29, 0.717) is 0 Å². The van der Waals surface area contributed by atoms with Crippen molar-refractivity contribution in [3.05, 3.63) is 35.8 Å². The van der Waals surface area contributed by atoms with Crippen LogP contribution in [-0.2, 0) is 10.1 Å². The highest BCUT2D eigenvalue weighted by Gasteiger charge is 2.48. The molecule has 0 fully saturated rings. The number of nitriles is 1. The normalized spacial score (nSPS) is 12.1. The van der Waals surface area contributed by atoms with Crippen LogP contribution in [0.5, 0.6) is 5.88 Å². The third-order valence-corrected chi connectivity index (χ3v) is 3.38. The number of benzene rings is 1. The molecule has 0 saturated carbocycles. The second-order valence-corrected chi connectivity index (χ2v) is 5.30. The Hall–Kier alpha value is -2.41. The molecule has 2 aromatic rings.